The van der Waals surface area contributed by atoms with E-state index in [1.807, 2.05) is 6.92 Å². The first-order valence-electron chi connectivity index (χ1n) is 7.95. The fraction of sp³-hybridized carbons (Fsp3) is 0.444. The zero-order chi connectivity index (χ0) is 19.0. The number of rotatable bonds is 4. The lowest BCUT2D eigenvalue weighted by atomic mass is 9.96. The highest BCUT2D eigenvalue weighted by Crippen LogP contribution is 2.32. The Morgan fingerprint density at radius 3 is 2.12 bits per heavy atom. The molecule has 1 aromatic heterocycles. The monoisotopic (exact) mass is 380 g/mol. The van der Waals surface area contributed by atoms with Crippen LogP contribution in [0, 0.1) is 6.92 Å². The molecule has 25 heavy (non-hydrogen) atoms. The lowest BCUT2D eigenvalue weighted by molar-refractivity contribution is -0.117. The minimum Gasteiger partial charge on any atom is -0.301 e. The molecule has 1 aromatic carbocycles. The van der Waals surface area contributed by atoms with Gasteiger partial charge in [0.15, 0.2) is 15.0 Å². The van der Waals surface area contributed by atoms with Crippen molar-refractivity contribution in [3.8, 4) is 0 Å². The predicted molar refractivity (Wildman–Crippen MR) is 102 cm³/mol. The standard InChI is InChI=1S/C18H24N2O3S2/c1-12-7-9-13(10-8-12)25(22,23)18(5,6)15(21)20-16-19-11-14(24-16)17(2,3)4/h7-11H,1-6H3,(H,19,20,21). The minimum atomic E-state index is -3.83. The Bertz CT molecular complexity index is 874. The van der Waals surface area contributed by atoms with E-state index >= 15 is 0 Å². The number of carbonyl (C=O) groups excluding carboxylic acids is 1. The summed E-state index contributed by atoms with van der Waals surface area (Å²) in [5, 5.41) is 3.06. The predicted octanol–water partition coefficient (Wildman–Crippen LogP) is 3.94. The molecule has 1 N–H and O–H groups in total. The summed E-state index contributed by atoms with van der Waals surface area (Å²) in [6.45, 7) is 10.9. The number of carbonyl (C=O) groups is 1. The van der Waals surface area contributed by atoms with Gasteiger partial charge in [-0.25, -0.2) is 13.4 Å². The molecule has 0 aliphatic carbocycles. The molecule has 5 nitrogen and oxygen atoms in total. The van der Waals surface area contributed by atoms with Gasteiger partial charge in [-0.05, 0) is 38.3 Å². The molecule has 0 radical (unpaired) electrons. The lowest BCUT2D eigenvalue weighted by Gasteiger charge is -2.23. The van der Waals surface area contributed by atoms with E-state index < -0.39 is 20.5 Å². The molecular formula is C18H24N2O3S2. The van der Waals surface area contributed by atoms with Gasteiger partial charge in [0.2, 0.25) is 5.91 Å². The SMILES string of the molecule is Cc1ccc(S(=O)(=O)C(C)(C)C(=O)Nc2ncc(C(C)(C)C)s2)cc1. The lowest BCUT2D eigenvalue weighted by Crippen LogP contribution is -2.44. The Balaban J connectivity index is 2.27. The summed E-state index contributed by atoms with van der Waals surface area (Å²) in [5.74, 6) is -0.595. The number of aryl methyl sites for hydroxylation is 1. The van der Waals surface area contributed by atoms with E-state index in [9.17, 15) is 13.2 Å². The minimum absolute atomic E-state index is 0.0792. The first-order valence-corrected chi connectivity index (χ1v) is 10.2. The molecule has 136 valence electrons. The molecule has 2 aromatic rings. The van der Waals surface area contributed by atoms with Gasteiger partial charge in [-0.15, -0.1) is 11.3 Å². The van der Waals surface area contributed by atoms with Gasteiger partial charge in [0.1, 0.15) is 4.75 Å². The Kier molecular flexibility index (Phi) is 5.12. The second kappa shape index (κ2) is 6.53. The maximum Gasteiger partial charge on any atom is 0.247 e. The number of hydrogen-bond acceptors (Lipinski definition) is 5. The fourth-order valence-electron chi connectivity index (χ4n) is 2.06. The maximum atomic E-state index is 12.9. The molecule has 2 rings (SSSR count). The molecule has 1 heterocycles. The number of hydrogen-bond donors (Lipinski definition) is 1. The number of sulfone groups is 1. The summed E-state index contributed by atoms with van der Waals surface area (Å²) in [6, 6.07) is 6.50. The van der Waals surface area contributed by atoms with Crippen molar-refractivity contribution in [1.82, 2.24) is 4.98 Å². The summed E-state index contributed by atoms with van der Waals surface area (Å²) in [6.07, 6.45) is 1.71. The number of thiazole rings is 1. The molecule has 0 unspecified atom stereocenters. The van der Waals surface area contributed by atoms with Gasteiger partial charge in [-0.2, -0.15) is 0 Å². The van der Waals surface area contributed by atoms with Crippen LogP contribution < -0.4 is 5.32 Å². The average Bonchev–Trinajstić information content (AvgIpc) is 2.96. The van der Waals surface area contributed by atoms with Crippen LogP contribution in [0.3, 0.4) is 0 Å². The molecule has 0 saturated heterocycles. The molecule has 0 aliphatic rings. The Morgan fingerprint density at radius 2 is 1.64 bits per heavy atom. The number of benzene rings is 1. The Labute approximate surface area is 153 Å². The van der Waals surface area contributed by atoms with E-state index in [4.69, 9.17) is 0 Å². The molecule has 0 spiro atoms. The summed E-state index contributed by atoms with van der Waals surface area (Å²) in [5.41, 5.74) is 0.878. The van der Waals surface area contributed by atoms with Crippen molar-refractivity contribution in [3.05, 3.63) is 40.9 Å². The molecule has 1 amide bonds. The first-order chi connectivity index (χ1) is 11.4. The summed E-state index contributed by atoms with van der Waals surface area (Å²) in [4.78, 5) is 18.0. The van der Waals surface area contributed by atoms with E-state index in [1.165, 1.54) is 37.3 Å². The fourth-order valence-corrected chi connectivity index (χ4v) is 4.31. The largest absolute Gasteiger partial charge is 0.301 e. The smallest absolute Gasteiger partial charge is 0.247 e. The third kappa shape index (κ3) is 3.93. The van der Waals surface area contributed by atoms with Gasteiger partial charge in [0.05, 0.1) is 4.90 Å². The van der Waals surface area contributed by atoms with Gasteiger partial charge in [0, 0.05) is 11.1 Å². The van der Waals surface area contributed by atoms with Gasteiger partial charge < -0.3 is 5.32 Å². The van der Waals surface area contributed by atoms with Gasteiger partial charge in [0.25, 0.3) is 0 Å². The van der Waals surface area contributed by atoms with Gasteiger partial charge in [-0.1, -0.05) is 38.5 Å². The van der Waals surface area contributed by atoms with Crippen LogP contribution in [0.15, 0.2) is 35.4 Å². The van der Waals surface area contributed by atoms with Crippen molar-refractivity contribution in [3.63, 3.8) is 0 Å². The molecule has 0 saturated carbocycles. The van der Waals surface area contributed by atoms with Crippen LogP contribution in [0.1, 0.15) is 45.1 Å². The zero-order valence-corrected chi connectivity index (χ0v) is 17.0. The number of amides is 1. The van der Waals surface area contributed by atoms with Crippen molar-refractivity contribution in [1.29, 1.82) is 0 Å². The maximum absolute atomic E-state index is 12.9. The van der Waals surface area contributed by atoms with Crippen LogP contribution in [0.4, 0.5) is 5.13 Å². The van der Waals surface area contributed by atoms with Gasteiger partial charge >= 0.3 is 0 Å². The second-order valence-corrected chi connectivity index (χ2v) is 11.1. The van der Waals surface area contributed by atoms with Crippen molar-refractivity contribution < 1.29 is 13.2 Å². The van der Waals surface area contributed by atoms with Crippen LogP contribution in [0.2, 0.25) is 0 Å². The van der Waals surface area contributed by atoms with Crippen molar-refractivity contribution in [2.75, 3.05) is 5.32 Å². The van der Waals surface area contributed by atoms with Crippen LogP contribution in [-0.2, 0) is 20.0 Å². The van der Waals surface area contributed by atoms with E-state index in [2.05, 4.69) is 31.1 Å². The van der Waals surface area contributed by atoms with Crippen LogP contribution in [0.5, 0.6) is 0 Å². The van der Waals surface area contributed by atoms with Gasteiger partial charge in [-0.3, -0.25) is 4.79 Å². The van der Waals surface area contributed by atoms with Crippen molar-refractivity contribution in [2.24, 2.45) is 0 Å². The third-order valence-corrected chi connectivity index (χ3v) is 7.78. The number of aromatic nitrogens is 1. The first kappa shape index (κ1) is 19.6. The zero-order valence-electron chi connectivity index (χ0n) is 15.4. The molecular weight excluding hydrogens is 356 g/mol. The van der Waals surface area contributed by atoms with E-state index in [1.54, 1.807) is 18.3 Å². The van der Waals surface area contributed by atoms with Crippen molar-refractivity contribution >= 4 is 32.2 Å². The summed E-state index contributed by atoms with van der Waals surface area (Å²) in [7, 11) is -3.83. The molecule has 0 fully saturated rings. The quantitative estimate of drug-likeness (QED) is 0.872. The molecule has 7 heteroatoms. The van der Waals surface area contributed by atoms with E-state index in [-0.39, 0.29) is 10.3 Å². The molecule has 0 bridgehead atoms. The second-order valence-electron chi connectivity index (χ2n) is 7.56. The topological polar surface area (TPSA) is 76.1 Å². The molecule has 0 aliphatic heterocycles. The van der Waals surface area contributed by atoms with E-state index in [0.717, 1.165) is 10.4 Å². The van der Waals surface area contributed by atoms with Crippen LogP contribution in [0.25, 0.3) is 0 Å². The van der Waals surface area contributed by atoms with Crippen molar-refractivity contribution in [2.45, 2.75) is 56.6 Å². The average molecular weight is 381 g/mol. The molecule has 0 atom stereocenters. The number of anilines is 1. The Morgan fingerprint density at radius 1 is 1.08 bits per heavy atom. The highest BCUT2D eigenvalue weighted by atomic mass is 32.2. The van der Waals surface area contributed by atoms with Crippen LogP contribution >= 0.6 is 11.3 Å². The number of nitrogens with zero attached hydrogens (tertiary/aromatic N) is 1. The summed E-state index contributed by atoms with van der Waals surface area (Å²) >= 11 is 1.35. The highest BCUT2D eigenvalue weighted by Gasteiger charge is 2.43. The normalized spacial score (nSPS) is 12.9. The van der Waals surface area contributed by atoms with Crippen LogP contribution in [-0.4, -0.2) is 24.1 Å². The number of nitrogens with one attached hydrogen (secondary N) is 1. The van der Waals surface area contributed by atoms with E-state index in [0.29, 0.717) is 5.13 Å². The summed E-state index contributed by atoms with van der Waals surface area (Å²) < 4.78 is 24.2. The highest BCUT2D eigenvalue weighted by molar-refractivity contribution is 7.93. The Hall–Kier alpha value is -1.73. The third-order valence-electron chi connectivity index (χ3n) is 4.02.